The first-order valence-electron chi connectivity index (χ1n) is 14.0. The van der Waals surface area contributed by atoms with Crippen LogP contribution in [-0.2, 0) is 32.8 Å². The molecule has 0 radical (unpaired) electrons. The minimum Gasteiger partial charge on any atom is -0.480 e. The molecule has 0 saturated carbocycles. The lowest BCUT2D eigenvalue weighted by Gasteiger charge is -2.31. The number of rotatable bonds is 8. The summed E-state index contributed by atoms with van der Waals surface area (Å²) in [6.07, 6.45) is 8.09. The number of hydrogen-bond acceptors (Lipinski definition) is 5. The van der Waals surface area contributed by atoms with Crippen molar-refractivity contribution in [2.75, 3.05) is 26.2 Å². The molecule has 0 bridgehead atoms. The Labute approximate surface area is 238 Å². The van der Waals surface area contributed by atoms with Crippen molar-refractivity contribution in [1.29, 1.82) is 0 Å². The van der Waals surface area contributed by atoms with Crippen LogP contribution in [-0.4, -0.2) is 74.2 Å². The van der Waals surface area contributed by atoms with E-state index in [4.69, 9.17) is 10.2 Å². The number of fused-ring (bicyclic) bond motifs is 2. The minimum absolute atomic E-state index is 0.0723. The lowest BCUT2D eigenvalue weighted by molar-refractivity contribution is -0.137. The van der Waals surface area contributed by atoms with Gasteiger partial charge in [0.15, 0.2) is 0 Å². The van der Waals surface area contributed by atoms with Gasteiger partial charge in [-0.05, 0) is 36.1 Å². The second kappa shape index (κ2) is 11.6. The van der Waals surface area contributed by atoms with Crippen molar-refractivity contribution in [3.8, 4) is 0 Å². The van der Waals surface area contributed by atoms with Gasteiger partial charge < -0.3 is 25.2 Å². The Balaban J connectivity index is 1.47. The fourth-order valence-corrected chi connectivity index (χ4v) is 6.25. The lowest BCUT2D eigenvalue weighted by Crippen LogP contribution is -2.40. The summed E-state index contributed by atoms with van der Waals surface area (Å²) in [5.74, 6) is -1.59. The van der Waals surface area contributed by atoms with Gasteiger partial charge in [-0.1, -0.05) is 31.2 Å². The fraction of sp³-hybridized carbons (Fsp3) is 0.433. The average molecular weight is 561 g/mol. The number of nitrogens with zero attached hydrogens (tertiary/aromatic N) is 4. The van der Waals surface area contributed by atoms with Gasteiger partial charge in [0.05, 0.1) is 17.8 Å². The highest BCUT2D eigenvalue weighted by Crippen LogP contribution is 2.44. The number of aliphatic carboxylic acids is 1. The molecular weight excluding hydrogens is 524 g/mol. The van der Waals surface area contributed by atoms with Gasteiger partial charge in [-0.15, -0.1) is 0 Å². The van der Waals surface area contributed by atoms with Gasteiger partial charge >= 0.3 is 5.97 Å². The maximum Gasteiger partial charge on any atom is 0.322 e. The van der Waals surface area contributed by atoms with Crippen molar-refractivity contribution in [2.45, 2.75) is 51.0 Å². The summed E-state index contributed by atoms with van der Waals surface area (Å²) in [6, 6.07) is 8.25. The summed E-state index contributed by atoms with van der Waals surface area (Å²) >= 11 is 0. The molecule has 2 aromatic heterocycles. The van der Waals surface area contributed by atoms with E-state index in [1.165, 1.54) is 11.3 Å². The smallest absolute Gasteiger partial charge is 0.322 e. The summed E-state index contributed by atoms with van der Waals surface area (Å²) in [6.45, 7) is 4.24. The van der Waals surface area contributed by atoms with Crippen molar-refractivity contribution in [2.24, 2.45) is 7.05 Å². The second-order valence-corrected chi connectivity index (χ2v) is 11.0. The molecule has 0 spiro atoms. The number of carboxylic acids is 1. The molecule has 1 fully saturated rings. The van der Waals surface area contributed by atoms with Gasteiger partial charge in [-0.25, -0.2) is 0 Å². The van der Waals surface area contributed by atoms with Crippen LogP contribution in [0, 0.1) is 0 Å². The van der Waals surface area contributed by atoms with Crippen LogP contribution in [0.1, 0.15) is 67.0 Å². The monoisotopic (exact) mass is 560 g/mol. The third-order valence-electron chi connectivity index (χ3n) is 8.31. The quantitative estimate of drug-likeness (QED) is 0.387. The van der Waals surface area contributed by atoms with Gasteiger partial charge in [-0.3, -0.25) is 23.9 Å². The Morgan fingerprint density at radius 1 is 1.05 bits per heavy atom. The highest BCUT2D eigenvalue weighted by molar-refractivity contribution is 5.90. The van der Waals surface area contributed by atoms with Gasteiger partial charge in [0.2, 0.25) is 17.7 Å². The van der Waals surface area contributed by atoms with Gasteiger partial charge in [0.25, 0.3) is 0 Å². The number of aromatic nitrogens is 3. The SMILES string of the molecule is CC(=O)N1CCC(c2nn(CC(=O)NCC(=O)NCC(=O)O)c3cccc(C4C=Cc5ccn(C)c5C4C)c23)CC1. The molecule has 1 saturated heterocycles. The van der Waals surface area contributed by atoms with Crippen molar-refractivity contribution < 1.29 is 24.3 Å². The fourth-order valence-electron chi connectivity index (χ4n) is 6.25. The molecule has 1 aliphatic carbocycles. The molecule has 2 aliphatic rings. The van der Waals surface area contributed by atoms with Crippen molar-refractivity contribution in [1.82, 2.24) is 29.9 Å². The van der Waals surface area contributed by atoms with Crippen molar-refractivity contribution in [3.05, 3.63) is 59.1 Å². The second-order valence-electron chi connectivity index (χ2n) is 11.0. The van der Waals surface area contributed by atoms with E-state index in [1.54, 1.807) is 11.6 Å². The Morgan fingerprint density at radius 2 is 1.78 bits per heavy atom. The maximum atomic E-state index is 12.9. The molecule has 11 heteroatoms. The molecular formula is C30H36N6O5. The van der Waals surface area contributed by atoms with Crippen LogP contribution in [0.5, 0.6) is 0 Å². The Bertz CT molecular complexity index is 1530. The molecule has 2 atom stereocenters. The number of benzene rings is 1. The number of carbonyl (C=O) groups is 4. The van der Waals surface area contributed by atoms with E-state index in [-0.39, 0.29) is 36.8 Å². The highest BCUT2D eigenvalue weighted by Gasteiger charge is 2.32. The van der Waals surface area contributed by atoms with E-state index in [2.05, 4.69) is 59.7 Å². The molecule has 11 nitrogen and oxygen atoms in total. The average Bonchev–Trinajstić information content (AvgIpc) is 3.52. The molecule has 3 aromatic rings. The number of piperidine rings is 1. The zero-order valence-corrected chi connectivity index (χ0v) is 23.6. The Kier molecular flexibility index (Phi) is 7.96. The number of likely N-dealkylation sites (tertiary alicyclic amines) is 1. The molecule has 216 valence electrons. The molecule has 2 unspecified atom stereocenters. The molecule has 3 N–H and O–H groups in total. The Hall–Kier alpha value is -4.41. The highest BCUT2D eigenvalue weighted by atomic mass is 16.4. The number of hydrogen-bond donors (Lipinski definition) is 3. The van der Waals surface area contributed by atoms with Crippen LogP contribution < -0.4 is 10.6 Å². The van der Waals surface area contributed by atoms with Crippen LogP contribution in [0.3, 0.4) is 0 Å². The van der Waals surface area contributed by atoms with E-state index >= 15 is 0 Å². The van der Waals surface area contributed by atoms with Gasteiger partial charge in [0.1, 0.15) is 13.1 Å². The van der Waals surface area contributed by atoms with E-state index in [1.807, 2.05) is 17.0 Å². The largest absolute Gasteiger partial charge is 0.480 e. The van der Waals surface area contributed by atoms with Gasteiger partial charge in [0, 0.05) is 62.1 Å². The van der Waals surface area contributed by atoms with Crippen LogP contribution in [0.15, 0.2) is 36.5 Å². The maximum absolute atomic E-state index is 12.9. The van der Waals surface area contributed by atoms with Crippen molar-refractivity contribution in [3.63, 3.8) is 0 Å². The molecule has 3 amide bonds. The minimum atomic E-state index is -1.16. The molecule has 3 heterocycles. The van der Waals surface area contributed by atoms with Crippen LogP contribution >= 0.6 is 0 Å². The van der Waals surface area contributed by atoms with E-state index < -0.39 is 24.3 Å². The lowest BCUT2D eigenvalue weighted by atomic mass is 9.78. The number of nitrogens with one attached hydrogen (secondary N) is 2. The Morgan fingerprint density at radius 3 is 2.49 bits per heavy atom. The first-order valence-corrected chi connectivity index (χ1v) is 14.0. The van der Waals surface area contributed by atoms with Crippen LogP contribution in [0.2, 0.25) is 0 Å². The van der Waals surface area contributed by atoms with Crippen LogP contribution in [0.25, 0.3) is 17.0 Å². The zero-order chi connectivity index (χ0) is 29.3. The first-order chi connectivity index (χ1) is 19.6. The summed E-state index contributed by atoms with van der Waals surface area (Å²) in [4.78, 5) is 49.3. The summed E-state index contributed by atoms with van der Waals surface area (Å²) < 4.78 is 3.87. The molecule has 41 heavy (non-hydrogen) atoms. The number of allylic oxidation sites excluding steroid dienone is 1. The number of carbonyl (C=O) groups excluding carboxylic acids is 3. The molecule has 5 rings (SSSR count). The summed E-state index contributed by atoms with van der Waals surface area (Å²) in [5, 5.41) is 19.6. The predicted molar refractivity (Wildman–Crippen MR) is 153 cm³/mol. The topological polar surface area (TPSA) is 139 Å². The molecule has 1 aromatic carbocycles. The van der Waals surface area contributed by atoms with E-state index in [9.17, 15) is 19.2 Å². The number of carboxylic acid groups (broad SMARTS) is 1. The van der Waals surface area contributed by atoms with Crippen molar-refractivity contribution >= 4 is 40.7 Å². The van der Waals surface area contributed by atoms with E-state index in [0.29, 0.717) is 13.1 Å². The summed E-state index contributed by atoms with van der Waals surface area (Å²) in [7, 11) is 2.07. The first kappa shape index (κ1) is 28.1. The van der Waals surface area contributed by atoms with Gasteiger partial charge in [-0.2, -0.15) is 5.10 Å². The standard InChI is InChI=1S/C30H36N6O5/c1-18-22(8-7-21-9-12-34(3)30(18)21)23-5-4-6-24-28(23)29(20-10-13-35(14-11-20)19(2)37)33-36(24)17-26(39)31-15-25(38)32-16-27(40)41/h4-9,12,18,20,22H,10-11,13-17H2,1-3H3,(H,31,39)(H,32,38)(H,40,41). The normalized spacial score (nSPS) is 18.8. The third-order valence-corrected chi connectivity index (χ3v) is 8.31. The number of amides is 3. The number of aryl methyl sites for hydroxylation is 1. The van der Waals surface area contributed by atoms with E-state index in [0.717, 1.165) is 35.0 Å². The summed E-state index contributed by atoms with van der Waals surface area (Å²) in [5.41, 5.74) is 5.43. The molecule has 1 aliphatic heterocycles. The predicted octanol–water partition coefficient (Wildman–Crippen LogP) is 2.33. The zero-order valence-electron chi connectivity index (χ0n) is 23.6. The van der Waals surface area contributed by atoms with Crippen LogP contribution in [0.4, 0.5) is 0 Å². The third kappa shape index (κ3) is 5.75.